The minimum absolute atomic E-state index is 0.195. The molecule has 0 bridgehead atoms. The Kier molecular flexibility index (Phi) is 7.68. The second-order valence-electron chi connectivity index (χ2n) is 7.54. The van der Waals surface area contributed by atoms with Crippen LogP contribution in [0.2, 0.25) is 10.0 Å². The summed E-state index contributed by atoms with van der Waals surface area (Å²) in [6.45, 7) is 0.268. The molecule has 0 atom stereocenters. The van der Waals surface area contributed by atoms with E-state index >= 15 is 0 Å². The second-order valence-corrected chi connectivity index (χ2v) is 8.39. The van der Waals surface area contributed by atoms with Gasteiger partial charge in [0.15, 0.2) is 11.5 Å². The molecule has 0 radical (unpaired) electrons. The molecule has 0 spiro atoms. The van der Waals surface area contributed by atoms with Gasteiger partial charge in [0.05, 0.1) is 19.7 Å². The highest BCUT2D eigenvalue weighted by Crippen LogP contribution is 2.30. The Morgan fingerprint density at radius 3 is 2.59 bits per heavy atom. The molecule has 34 heavy (non-hydrogen) atoms. The van der Waals surface area contributed by atoms with E-state index in [-0.39, 0.29) is 18.9 Å². The van der Waals surface area contributed by atoms with E-state index in [1.165, 1.54) is 0 Å². The Balaban J connectivity index is 1.37. The average Bonchev–Trinajstić information content (AvgIpc) is 2.84. The Morgan fingerprint density at radius 1 is 0.941 bits per heavy atom. The molecule has 172 valence electrons. The Hall–Kier alpha value is -3.54. The van der Waals surface area contributed by atoms with Crippen LogP contribution in [0.4, 0.5) is 0 Å². The van der Waals surface area contributed by atoms with Crippen LogP contribution in [-0.4, -0.2) is 19.2 Å². The predicted octanol–water partition coefficient (Wildman–Crippen LogP) is 6.43. The summed E-state index contributed by atoms with van der Waals surface area (Å²) in [4.78, 5) is 12.4. The van der Waals surface area contributed by atoms with Crippen LogP contribution in [0.15, 0.2) is 84.0 Å². The van der Waals surface area contributed by atoms with Crippen LogP contribution in [-0.2, 0) is 17.8 Å². The number of amides is 1. The molecule has 1 N–H and O–H groups in total. The SMILES string of the molecule is COc1cc(C=NNC(=O)Cc2cccc3ccccc23)ccc1OCc1ccc(Cl)cc1Cl. The molecular weight excluding hydrogens is 471 g/mol. The summed E-state index contributed by atoms with van der Waals surface area (Å²) in [5.41, 5.74) is 5.10. The molecule has 0 saturated heterocycles. The van der Waals surface area contributed by atoms with Gasteiger partial charge in [-0.1, -0.05) is 71.7 Å². The summed E-state index contributed by atoms with van der Waals surface area (Å²) >= 11 is 12.1. The third kappa shape index (κ3) is 5.87. The number of carbonyl (C=O) groups is 1. The summed E-state index contributed by atoms with van der Waals surface area (Å²) in [6.07, 6.45) is 1.80. The number of hydrazone groups is 1. The first kappa shape index (κ1) is 23.6. The monoisotopic (exact) mass is 492 g/mol. The second kappa shape index (κ2) is 11.1. The molecular formula is C27H22Cl2N2O3. The van der Waals surface area contributed by atoms with E-state index in [4.69, 9.17) is 32.7 Å². The molecule has 7 heteroatoms. The van der Waals surface area contributed by atoms with E-state index in [1.54, 1.807) is 37.6 Å². The highest BCUT2D eigenvalue weighted by Gasteiger charge is 2.09. The van der Waals surface area contributed by atoms with Crippen LogP contribution in [0.25, 0.3) is 10.8 Å². The fraction of sp³-hybridized carbons (Fsp3) is 0.111. The van der Waals surface area contributed by atoms with E-state index in [2.05, 4.69) is 10.5 Å². The highest BCUT2D eigenvalue weighted by molar-refractivity contribution is 6.35. The number of carbonyl (C=O) groups excluding carboxylic acids is 1. The number of halogens is 2. The van der Waals surface area contributed by atoms with Crippen molar-refractivity contribution in [2.24, 2.45) is 5.10 Å². The molecule has 0 aliphatic rings. The third-order valence-electron chi connectivity index (χ3n) is 5.22. The zero-order valence-electron chi connectivity index (χ0n) is 18.4. The zero-order chi connectivity index (χ0) is 23.9. The Bertz CT molecular complexity index is 1350. The number of rotatable bonds is 8. The molecule has 0 aromatic heterocycles. The van der Waals surface area contributed by atoms with Crippen LogP contribution >= 0.6 is 23.2 Å². The summed E-state index contributed by atoms with van der Waals surface area (Å²) in [5, 5.41) is 7.35. The van der Waals surface area contributed by atoms with Gasteiger partial charge in [0.1, 0.15) is 6.61 Å². The number of ether oxygens (including phenoxy) is 2. The standard InChI is InChI=1S/C27H22Cl2N2O3/c1-33-26-13-18(9-12-25(26)34-17-21-10-11-22(28)15-24(21)29)16-30-31-27(32)14-20-7-4-6-19-5-2-3-8-23(19)20/h2-13,15-16H,14,17H2,1H3,(H,31,32). The van der Waals surface area contributed by atoms with Crippen molar-refractivity contribution < 1.29 is 14.3 Å². The first-order valence-electron chi connectivity index (χ1n) is 10.6. The molecule has 4 aromatic rings. The molecule has 1 amide bonds. The van der Waals surface area contributed by atoms with E-state index in [9.17, 15) is 4.79 Å². The first-order chi connectivity index (χ1) is 16.5. The van der Waals surface area contributed by atoms with Crippen LogP contribution in [0.3, 0.4) is 0 Å². The van der Waals surface area contributed by atoms with Crippen LogP contribution in [0.1, 0.15) is 16.7 Å². The van der Waals surface area contributed by atoms with Crippen molar-refractivity contribution in [3.05, 3.63) is 106 Å². The highest BCUT2D eigenvalue weighted by atomic mass is 35.5. The number of hydrogen-bond acceptors (Lipinski definition) is 4. The quantitative estimate of drug-likeness (QED) is 0.227. The Labute approximate surface area is 207 Å². The Morgan fingerprint density at radius 2 is 1.76 bits per heavy atom. The maximum absolute atomic E-state index is 12.4. The number of hydrogen-bond donors (Lipinski definition) is 1. The van der Waals surface area contributed by atoms with Crippen LogP contribution in [0, 0.1) is 0 Å². The number of fused-ring (bicyclic) bond motifs is 1. The molecule has 0 saturated carbocycles. The minimum Gasteiger partial charge on any atom is -0.493 e. The molecule has 0 unspecified atom stereocenters. The van der Waals surface area contributed by atoms with Gasteiger partial charge >= 0.3 is 0 Å². The van der Waals surface area contributed by atoms with E-state index < -0.39 is 0 Å². The van der Waals surface area contributed by atoms with Crippen LogP contribution in [0.5, 0.6) is 11.5 Å². The number of nitrogens with zero attached hydrogens (tertiary/aromatic N) is 1. The van der Waals surface area contributed by atoms with Gasteiger partial charge in [0, 0.05) is 15.6 Å². The lowest BCUT2D eigenvalue weighted by atomic mass is 10.0. The van der Waals surface area contributed by atoms with E-state index in [0.29, 0.717) is 21.5 Å². The minimum atomic E-state index is -0.195. The van der Waals surface area contributed by atoms with Crippen molar-refractivity contribution >= 4 is 46.1 Å². The van der Waals surface area contributed by atoms with Crippen molar-refractivity contribution in [3.63, 3.8) is 0 Å². The maximum atomic E-state index is 12.4. The molecule has 5 nitrogen and oxygen atoms in total. The fourth-order valence-electron chi connectivity index (χ4n) is 3.52. The number of nitrogens with one attached hydrogen (secondary N) is 1. The fourth-order valence-corrected chi connectivity index (χ4v) is 3.98. The van der Waals surface area contributed by atoms with Crippen molar-refractivity contribution in [2.75, 3.05) is 7.11 Å². The van der Waals surface area contributed by atoms with Crippen molar-refractivity contribution in [1.82, 2.24) is 5.43 Å². The maximum Gasteiger partial charge on any atom is 0.244 e. The molecule has 0 aliphatic carbocycles. The lowest BCUT2D eigenvalue weighted by Gasteiger charge is -2.12. The summed E-state index contributed by atoms with van der Waals surface area (Å²) in [7, 11) is 1.56. The predicted molar refractivity (Wildman–Crippen MR) is 137 cm³/mol. The zero-order valence-corrected chi connectivity index (χ0v) is 19.9. The third-order valence-corrected chi connectivity index (χ3v) is 5.81. The average molecular weight is 493 g/mol. The molecule has 4 rings (SSSR count). The van der Waals surface area contributed by atoms with Crippen molar-refractivity contribution in [3.8, 4) is 11.5 Å². The number of methoxy groups -OCH3 is 1. The van der Waals surface area contributed by atoms with Gasteiger partial charge in [-0.2, -0.15) is 5.10 Å². The lowest BCUT2D eigenvalue weighted by Crippen LogP contribution is -2.19. The van der Waals surface area contributed by atoms with Gasteiger partial charge in [-0.15, -0.1) is 0 Å². The van der Waals surface area contributed by atoms with Crippen LogP contribution < -0.4 is 14.9 Å². The molecule has 0 fully saturated rings. The van der Waals surface area contributed by atoms with Crippen molar-refractivity contribution in [2.45, 2.75) is 13.0 Å². The summed E-state index contributed by atoms with van der Waals surface area (Å²) in [6, 6.07) is 24.5. The lowest BCUT2D eigenvalue weighted by molar-refractivity contribution is -0.120. The molecule has 4 aromatic carbocycles. The smallest absolute Gasteiger partial charge is 0.244 e. The van der Waals surface area contributed by atoms with E-state index in [1.807, 2.05) is 54.6 Å². The van der Waals surface area contributed by atoms with Gasteiger partial charge in [-0.05, 0) is 52.2 Å². The summed E-state index contributed by atoms with van der Waals surface area (Å²) in [5.74, 6) is 0.904. The number of benzene rings is 4. The van der Waals surface area contributed by atoms with Gasteiger partial charge in [0.25, 0.3) is 0 Å². The normalized spacial score (nSPS) is 11.0. The van der Waals surface area contributed by atoms with Gasteiger partial charge < -0.3 is 9.47 Å². The van der Waals surface area contributed by atoms with Gasteiger partial charge in [-0.3, -0.25) is 4.79 Å². The molecule has 0 aliphatic heterocycles. The van der Waals surface area contributed by atoms with E-state index in [0.717, 1.165) is 27.5 Å². The van der Waals surface area contributed by atoms with Crippen molar-refractivity contribution in [1.29, 1.82) is 0 Å². The first-order valence-corrected chi connectivity index (χ1v) is 11.3. The largest absolute Gasteiger partial charge is 0.493 e. The molecule has 0 heterocycles. The van der Waals surface area contributed by atoms with Gasteiger partial charge in [0.2, 0.25) is 5.91 Å². The van der Waals surface area contributed by atoms with Gasteiger partial charge in [-0.25, -0.2) is 5.43 Å². The summed E-state index contributed by atoms with van der Waals surface area (Å²) < 4.78 is 11.3. The topological polar surface area (TPSA) is 59.9 Å².